The molecule has 0 aliphatic carbocycles. The van der Waals surface area contributed by atoms with Gasteiger partial charge in [-0.2, -0.15) is 0 Å². The molecule has 0 spiro atoms. The number of halogens is 1. The highest BCUT2D eigenvalue weighted by atomic mass is 35.5. The van der Waals surface area contributed by atoms with Crippen LogP contribution in [0.25, 0.3) is 11.1 Å². The van der Waals surface area contributed by atoms with Crippen molar-refractivity contribution in [2.24, 2.45) is 0 Å². The summed E-state index contributed by atoms with van der Waals surface area (Å²) in [6.07, 6.45) is -3.31. The van der Waals surface area contributed by atoms with Gasteiger partial charge in [0.2, 0.25) is 5.65 Å². The van der Waals surface area contributed by atoms with Crippen LogP contribution in [-0.2, 0) is 5.54 Å². The number of fused-ring (bicyclic) bond motifs is 3. The predicted molar refractivity (Wildman–Crippen MR) is 81.1 cm³/mol. The highest BCUT2D eigenvalue weighted by Gasteiger charge is 2.41. The van der Waals surface area contributed by atoms with Gasteiger partial charge in [0.25, 0.3) is 0 Å². The Kier molecular flexibility index (Phi) is 4.13. The van der Waals surface area contributed by atoms with Gasteiger partial charge in [-0.05, 0) is 16.1 Å². The summed E-state index contributed by atoms with van der Waals surface area (Å²) < 4.78 is 2.57. The van der Waals surface area contributed by atoms with E-state index < -0.39 is 30.5 Å². The fourth-order valence-corrected chi connectivity index (χ4v) is 2.73. The second kappa shape index (κ2) is 5.86. The number of hydrogen-bond acceptors (Lipinski definition) is 8. The third kappa shape index (κ3) is 2.50. The smallest absolute Gasteiger partial charge is 0.209 e. The van der Waals surface area contributed by atoms with Crippen LogP contribution in [0.3, 0.4) is 0 Å². The molecule has 3 heterocycles. The molecule has 1 aliphatic rings. The van der Waals surface area contributed by atoms with Gasteiger partial charge < -0.3 is 25.9 Å². The van der Waals surface area contributed by atoms with E-state index in [1.165, 1.54) is 15.5 Å². The molecule has 0 saturated carbocycles. The number of aromatic nitrogens is 5. The van der Waals surface area contributed by atoms with E-state index in [2.05, 4.69) is 26.0 Å². The second-order valence-electron chi connectivity index (χ2n) is 5.89. The molecule has 0 bridgehead atoms. The summed E-state index contributed by atoms with van der Waals surface area (Å²) in [5, 5.41) is 53.4. The molecule has 3 atom stereocenters. The molecule has 0 amide bonds. The van der Waals surface area contributed by atoms with Crippen LogP contribution >= 0.6 is 11.6 Å². The summed E-state index contributed by atoms with van der Waals surface area (Å²) >= 11 is 6.12. The van der Waals surface area contributed by atoms with Crippen molar-refractivity contribution in [3.63, 3.8) is 0 Å². The molecule has 3 rings (SSSR count). The van der Waals surface area contributed by atoms with Gasteiger partial charge in [-0.25, -0.2) is 0 Å². The second-order valence-corrected chi connectivity index (χ2v) is 6.25. The maximum Gasteiger partial charge on any atom is 0.209 e. The van der Waals surface area contributed by atoms with Crippen LogP contribution in [0.4, 0.5) is 5.69 Å². The summed E-state index contributed by atoms with van der Waals surface area (Å²) in [7, 11) is 0. The summed E-state index contributed by atoms with van der Waals surface area (Å²) in [5.74, 6) is 0. The molecule has 0 fully saturated rings. The van der Waals surface area contributed by atoms with Crippen molar-refractivity contribution in [2.75, 3.05) is 6.61 Å². The Labute approximate surface area is 140 Å². The van der Waals surface area contributed by atoms with E-state index in [9.17, 15) is 15.3 Å². The van der Waals surface area contributed by atoms with Gasteiger partial charge in [0.15, 0.2) is 17.9 Å². The van der Waals surface area contributed by atoms with E-state index in [0.717, 1.165) is 0 Å². The minimum absolute atomic E-state index is 0.0826. The van der Waals surface area contributed by atoms with Gasteiger partial charge in [0.05, 0.1) is 12.2 Å². The maximum absolute atomic E-state index is 10.1. The molecular weight excluding hydrogens is 342 g/mol. The molecule has 11 nitrogen and oxygen atoms in total. The van der Waals surface area contributed by atoms with E-state index in [-0.39, 0.29) is 5.15 Å². The molecule has 130 valence electrons. The van der Waals surface area contributed by atoms with Crippen molar-refractivity contribution in [1.29, 1.82) is 0 Å². The Morgan fingerprint density at radius 3 is 2.75 bits per heavy atom. The first-order valence-corrected chi connectivity index (χ1v) is 7.44. The Morgan fingerprint density at radius 2 is 2.08 bits per heavy atom. The largest absolute Gasteiger partial charge is 0.406 e. The number of aliphatic hydroxyl groups excluding tert-OH is 4. The van der Waals surface area contributed by atoms with Crippen LogP contribution in [-0.4, -0.2) is 81.5 Å². The molecule has 2 aromatic rings. The zero-order chi connectivity index (χ0) is 17.6. The van der Waals surface area contributed by atoms with Crippen LogP contribution in [0.1, 0.15) is 19.4 Å². The molecule has 12 heteroatoms. The number of rotatable bonds is 4. The van der Waals surface area contributed by atoms with E-state index >= 15 is 0 Å². The van der Waals surface area contributed by atoms with Gasteiger partial charge in [-0.15, -0.1) is 14.8 Å². The Balaban J connectivity index is 2.04. The van der Waals surface area contributed by atoms with Crippen molar-refractivity contribution < 1.29 is 25.1 Å². The standard InChI is InChI=1S/C12H16ClN7O4/c1-12(2)7-8(10(13)16-20-11(7)14-17-18-20)15-19(12)3-5(22)9(24)6(23)4-21/h3,5-6,9,21-24H,4H2,1-2H3/b19-3+/t5-,6+,9+/m0/s1. The van der Waals surface area contributed by atoms with E-state index in [4.69, 9.17) is 16.7 Å². The summed E-state index contributed by atoms with van der Waals surface area (Å²) in [6, 6.07) is 0. The van der Waals surface area contributed by atoms with Gasteiger partial charge in [-0.3, -0.25) is 4.68 Å². The zero-order valence-electron chi connectivity index (χ0n) is 12.8. The Hall–Kier alpha value is -1.92. The maximum atomic E-state index is 10.1. The summed E-state index contributed by atoms with van der Waals surface area (Å²) in [4.78, 5) is 0. The van der Waals surface area contributed by atoms with Gasteiger partial charge in [-0.1, -0.05) is 11.6 Å². The number of tetrazole rings is 1. The van der Waals surface area contributed by atoms with E-state index in [0.29, 0.717) is 16.9 Å². The van der Waals surface area contributed by atoms with E-state index in [1.807, 2.05) is 0 Å². The van der Waals surface area contributed by atoms with Crippen LogP contribution < -0.4 is 0 Å². The highest BCUT2D eigenvalue weighted by Crippen LogP contribution is 2.48. The number of nitrogens with zero attached hydrogens (tertiary/aromatic N) is 7. The van der Waals surface area contributed by atoms with Crippen molar-refractivity contribution >= 4 is 29.2 Å². The lowest BCUT2D eigenvalue weighted by molar-refractivity contribution is -0.551. The fourth-order valence-electron chi connectivity index (χ4n) is 2.53. The first kappa shape index (κ1) is 16.9. The third-order valence-electron chi connectivity index (χ3n) is 3.91. The van der Waals surface area contributed by atoms with E-state index in [1.54, 1.807) is 13.8 Å². The summed E-state index contributed by atoms with van der Waals surface area (Å²) in [6.45, 7) is 2.91. The zero-order valence-corrected chi connectivity index (χ0v) is 13.6. The van der Waals surface area contributed by atoms with Crippen LogP contribution in [0, 0.1) is 0 Å². The molecule has 0 unspecified atom stereocenters. The third-order valence-corrected chi connectivity index (χ3v) is 4.16. The quantitative estimate of drug-likeness (QED) is 0.482. The Morgan fingerprint density at radius 1 is 1.38 bits per heavy atom. The van der Waals surface area contributed by atoms with Crippen LogP contribution in [0.15, 0.2) is 0 Å². The SMILES string of the molecule is CC1(C)c2c(c(Cl)nn3nnnc23)[N-]/[N+]1=C/[C@H](O)[C@@H](O)[C@H](O)CO. The van der Waals surface area contributed by atoms with Gasteiger partial charge >= 0.3 is 0 Å². The molecule has 24 heavy (non-hydrogen) atoms. The number of hydrogen-bond donors (Lipinski definition) is 4. The monoisotopic (exact) mass is 357 g/mol. The normalized spacial score (nSPS) is 21.5. The first-order chi connectivity index (χ1) is 11.3. The molecule has 0 aromatic carbocycles. The molecular formula is C12H16ClN7O4. The van der Waals surface area contributed by atoms with Gasteiger partial charge in [0.1, 0.15) is 17.4 Å². The molecule has 0 radical (unpaired) electrons. The molecule has 2 aromatic heterocycles. The minimum Gasteiger partial charge on any atom is -0.406 e. The van der Waals surface area contributed by atoms with Gasteiger partial charge in [0, 0.05) is 13.8 Å². The van der Waals surface area contributed by atoms with Crippen LogP contribution in [0.2, 0.25) is 5.15 Å². The topological polar surface area (TPSA) is 154 Å². The highest BCUT2D eigenvalue weighted by molar-refractivity contribution is 6.32. The molecule has 0 saturated heterocycles. The average molecular weight is 358 g/mol. The molecule has 4 N–H and O–H groups in total. The predicted octanol–water partition coefficient (Wildman–Crippen LogP) is -1.50. The Bertz CT molecular complexity index is 808. The lowest BCUT2D eigenvalue weighted by Crippen LogP contribution is -2.43. The average Bonchev–Trinajstić information content (AvgIpc) is 3.08. The van der Waals surface area contributed by atoms with Crippen molar-refractivity contribution in [1.82, 2.24) is 25.3 Å². The fraction of sp³-hybridized carbons (Fsp3) is 0.583. The number of aliphatic hydroxyl groups is 4. The molecule has 1 aliphatic heterocycles. The van der Waals surface area contributed by atoms with Crippen molar-refractivity contribution in [2.45, 2.75) is 37.7 Å². The lowest BCUT2D eigenvalue weighted by Gasteiger charge is -2.23. The minimum atomic E-state index is -1.58. The van der Waals surface area contributed by atoms with Crippen molar-refractivity contribution in [3.8, 4) is 0 Å². The first-order valence-electron chi connectivity index (χ1n) is 7.06. The van der Waals surface area contributed by atoms with Crippen LogP contribution in [0.5, 0.6) is 0 Å². The summed E-state index contributed by atoms with van der Waals surface area (Å²) in [5.41, 5.74) is 4.82. The van der Waals surface area contributed by atoms with Crippen molar-refractivity contribution in [3.05, 3.63) is 16.1 Å². The lowest BCUT2D eigenvalue weighted by atomic mass is 9.96.